The van der Waals surface area contributed by atoms with E-state index in [1.165, 1.54) is 18.2 Å². The zero-order valence-corrected chi connectivity index (χ0v) is 14.8. The van der Waals surface area contributed by atoms with Gasteiger partial charge in [-0.3, -0.25) is 14.9 Å². The Labute approximate surface area is 155 Å². The van der Waals surface area contributed by atoms with E-state index < -0.39 is 10.9 Å². The molecule has 140 valence electrons. The van der Waals surface area contributed by atoms with E-state index >= 15 is 0 Å². The Morgan fingerprint density at radius 3 is 2.30 bits per heavy atom. The third kappa shape index (κ3) is 3.89. The second-order valence-corrected chi connectivity index (χ2v) is 6.42. The molecular weight excluding hydrogens is 350 g/mol. The van der Waals surface area contributed by atoms with Gasteiger partial charge in [-0.15, -0.1) is 0 Å². The molecule has 0 unspecified atom stereocenters. The molecule has 1 aliphatic rings. The molecule has 8 heteroatoms. The van der Waals surface area contributed by atoms with Crippen LogP contribution >= 0.6 is 0 Å². The quantitative estimate of drug-likeness (QED) is 0.656. The Kier molecular flexibility index (Phi) is 5.07. The highest BCUT2D eigenvalue weighted by Gasteiger charge is 2.26. The van der Waals surface area contributed by atoms with Gasteiger partial charge < -0.3 is 14.9 Å². The number of nitro benzene ring substituents is 1. The number of aryl methyl sites for hydroxylation is 1. The number of amides is 1. The first-order chi connectivity index (χ1) is 12.9. The van der Waals surface area contributed by atoms with Crippen LogP contribution in [0.5, 0.6) is 0 Å². The second kappa shape index (κ2) is 7.45. The Hall–Kier alpha value is -3.42. The average molecular weight is 369 g/mol. The smallest absolute Gasteiger partial charge is 0.335 e. The molecule has 1 fully saturated rings. The van der Waals surface area contributed by atoms with Gasteiger partial charge in [0, 0.05) is 37.8 Å². The van der Waals surface area contributed by atoms with Crippen molar-refractivity contribution in [2.75, 3.05) is 31.1 Å². The van der Waals surface area contributed by atoms with Crippen molar-refractivity contribution in [2.24, 2.45) is 0 Å². The highest BCUT2D eigenvalue weighted by molar-refractivity contribution is 5.98. The summed E-state index contributed by atoms with van der Waals surface area (Å²) in [5.41, 5.74) is 1.71. The summed E-state index contributed by atoms with van der Waals surface area (Å²) in [6, 6.07) is 11.1. The van der Waals surface area contributed by atoms with Gasteiger partial charge in [0.1, 0.15) is 5.69 Å². The van der Waals surface area contributed by atoms with Gasteiger partial charge in [-0.25, -0.2) is 4.79 Å². The van der Waals surface area contributed by atoms with Gasteiger partial charge in [0.05, 0.1) is 10.5 Å². The van der Waals surface area contributed by atoms with Crippen LogP contribution in [0.1, 0.15) is 26.3 Å². The van der Waals surface area contributed by atoms with Crippen LogP contribution in [-0.2, 0) is 0 Å². The summed E-state index contributed by atoms with van der Waals surface area (Å²) in [5.74, 6) is -1.31. The van der Waals surface area contributed by atoms with Gasteiger partial charge in [-0.1, -0.05) is 12.1 Å². The van der Waals surface area contributed by atoms with Crippen LogP contribution in [0.2, 0.25) is 0 Å². The van der Waals surface area contributed by atoms with E-state index in [9.17, 15) is 24.8 Å². The molecule has 0 atom stereocenters. The number of para-hydroxylation sites is 2. The summed E-state index contributed by atoms with van der Waals surface area (Å²) in [5, 5.41) is 20.4. The predicted molar refractivity (Wildman–Crippen MR) is 99.4 cm³/mol. The Morgan fingerprint density at radius 2 is 1.67 bits per heavy atom. The van der Waals surface area contributed by atoms with Crippen molar-refractivity contribution in [1.29, 1.82) is 0 Å². The van der Waals surface area contributed by atoms with Crippen molar-refractivity contribution in [1.82, 2.24) is 4.90 Å². The zero-order valence-electron chi connectivity index (χ0n) is 14.8. The van der Waals surface area contributed by atoms with Crippen molar-refractivity contribution in [3.05, 3.63) is 69.3 Å². The summed E-state index contributed by atoms with van der Waals surface area (Å²) >= 11 is 0. The van der Waals surface area contributed by atoms with Crippen molar-refractivity contribution >= 4 is 23.3 Å². The molecule has 0 bridgehead atoms. The second-order valence-electron chi connectivity index (χ2n) is 6.42. The Bertz CT molecular complexity index is 904. The first-order valence-corrected chi connectivity index (χ1v) is 8.49. The highest BCUT2D eigenvalue weighted by Crippen LogP contribution is 2.28. The summed E-state index contributed by atoms with van der Waals surface area (Å²) < 4.78 is 0. The molecule has 2 aromatic rings. The van der Waals surface area contributed by atoms with Crippen molar-refractivity contribution in [2.45, 2.75) is 6.92 Å². The lowest BCUT2D eigenvalue weighted by Gasteiger charge is -2.35. The van der Waals surface area contributed by atoms with Gasteiger partial charge >= 0.3 is 5.97 Å². The third-order valence-corrected chi connectivity index (χ3v) is 4.56. The largest absolute Gasteiger partial charge is 0.478 e. The molecule has 1 amide bonds. The minimum Gasteiger partial charge on any atom is -0.478 e. The van der Waals surface area contributed by atoms with E-state index in [0.29, 0.717) is 43.0 Å². The standard InChI is InChI=1S/C19H19N3O5/c1-13-10-14(12-15(11-13)19(24)25)18(23)21-8-6-20(7-9-21)16-4-2-3-5-17(16)22(26)27/h2-5,10-12H,6-9H2,1H3,(H,24,25). The number of carbonyl (C=O) groups excluding carboxylic acids is 1. The first-order valence-electron chi connectivity index (χ1n) is 8.49. The molecule has 0 saturated carbocycles. The number of nitrogens with zero attached hydrogens (tertiary/aromatic N) is 3. The predicted octanol–water partition coefficient (Wildman–Crippen LogP) is 2.56. The number of carboxylic acid groups (broad SMARTS) is 1. The van der Waals surface area contributed by atoms with Crippen LogP contribution in [0.25, 0.3) is 0 Å². The molecule has 0 radical (unpaired) electrons. The van der Waals surface area contributed by atoms with Crippen molar-refractivity contribution in [3.8, 4) is 0 Å². The lowest BCUT2D eigenvalue weighted by Crippen LogP contribution is -2.49. The molecule has 8 nitrogen and oxygen atoms in total. The number of nitro groups is 1. The SMILES string of the molecule is Cc1cc(C(=O)O)cc(C(=O)N2CCN(c3ccccc3[N+](=O)[O-])CC2)c1. The topological polar surface area (TPSA) is 104 Å². The minimum absolute atomic E-state index is 0.0436. The van der Waals surface area contributed by atoms with Crippen molar-refractivity contribution in [3.63, 3.8) is 0 Å². The van der Waals surface area contributed by atoms with Crippen LogP contribution in [-0.4, -0.2) is 53.0 Å². The molecule has 0 spiro atoms. The van der Waals surface area contributed by atoms with E-state index in [2.05, 4.69) is 0 Å². The Morgan fingerprint density at radius 1 is 1.04 bits per heavy atom. The lowest BCUT2D eigenvalue weighted by molar-refractivity contribution is -0.384. The van der Waals surface area contributed by atoms with Crippen LogP contribution < -0.4 is 4.90 Å². The van der Waals surface area contributed by atoms with E-state index in [0.717, 1.165) is 0 Å². The fourth-order valence-electron chi connectivity index (χ4n) is 3.25. The number of carbonyl (C=O) groups is 2. The summed E-state index contributed by atoms with van der Waals surface area (Å²) in [4.78, 5) is 38.3. The molecule has 1 N–H and O–H groups in total. The summed E-state index contributed by atoms with van der Waals surface area (Å²) in [6.07, 6.45) is 0. The fraction of sp³-hybridized carbons (Fsp3) is 0.263. The monoisotopic (exact) mass is 369 g/mol. The van der Waals surface area contributed by atoms with Crippen LogP contribution in [0, 0.1) is 17.0 Å². The molecular formula is C19H19N3O5. The molecule has 1 aliphatic heterocycles. The van der Waals surface area contributed by atoms with Gasteiger partial charge in [0.2, 0.25) is 0 Å². The van der Waals surface area contributed by atoms with E-state index in [-0.39, 0.29) is 17.2 Å². The number of piperazine rings is 1. The first kappa shape index (κ1) is 18.4. The maximum Gasteiger partial charge on any atom is 0.335 e. The van der Waals surface area contributed by atoms with Crippen molar-refractivity contribution < 1.29 is 19.6 Å². The van der Waals surface area contributed by atoms with E-state index in [1.807, 2.05) is 4.90 Å². The number of rotatable bonds is 4. The summed E-state index contributed by atoms with van der Waals surface area (Å²) in [7, 11) is 0. The normalized spacial score (nSPS) is 14.1. The molecule has 1 saturated heterocycles. The maximum atomic E-state index is 12.8. The molecule has 3 rings (SSSR count). The number of hydrogen-bond donors (Lipinski definition) is 1. The van der Waals surface area contributed by atoms with Gasteiger partial charge in [0.15, 0.2) is 0 Å². The lowest BCUT2D eigenvalue weighted by atomic mass is 10.1. The van der Waals surface area contributed by atoms with E-state index in [4.69, 9.17) is 0 Å². The number of hydrogen-bond acceptors (Lipinski definition) is 5. The van der Waals surface area contributed by atoms with Crippen LogP contribution in [0.15, 0.2) is 42.5 Å². The number of aromatic carboxylic acids is 1. The van der Waals surface area contributed by atoms with Gasteiger partial charge in [-0.05, 0) is 36.8 Å². The van der Waals surface area contributed by atoms with Gasteiger partial charge in [0.25, 0.3) is 11.6 Å². The minimum atomic E-state index is -1.08. The Balaban J connectivity index is 1.74. The van der Waals surface area contributed by atoms with Crippen LogP contribution in [0.3, 0.4) is 0 Å². The molecule has 0 aliphatic carbocycles. The number of anilines is 1. The zero-order chi connectivity index (χ0) is 19.6. The highest BCUT2D eigenvalue weighted by atomic mass is 16.6. The third-order valence-electron chi connectivity index (χ3n) is 4.56. The molecule has 27 heavy (non-hydrogen) atoms. The summed E-state index contributed by atoms with van der Waals surface area (Å²) in [6.45, 7) is 3.49. The molecule has 2 aromatic carbocycles. The van der Waals surface area contributed by atoms with Gasteiger partial charge in [-0.2, -0.15) is 0 Å². The molecule has 1 heterocycles. The van der Waals surface area contributed by atoms with Crippen LogP contribution in [0.4, 0.5) is 11.4 Å². The van der Waals surface area contributed by atoms with E-state index in [1.54, 1.807) is 36.1 Å². The molecule has 0 aromatic heterocycles. The number of benzene rings is 2. The maximum absolute atomic E-state index is 12.8. The average Bonchev–Trinajstić information content (AvgIpc) is 2.67. The number of carboxylic acids is 1. The fourth-order valence-corrected chi connectivity index (χ4v) is 3.25.